The molecular formula is C25H24N4O4S. The Balaban J connectivity index is 1.43. The van der Waals surface area contributed by atoms with Crippen LogP contribution in [0.1, 0.15) is 18.9 Å². The molecule has 1 amide bonds. The van der Waals surface area contributed by atoms with Crippen LogP contribution in [0.4, 0.5) is 0 Å². The first kappa shape index (κ1) is 23.2. The summed E-state index contributed by atoms with van der Waals surface area (Å²) in [5, 5.41) is 4.47. The van der Waals surface area contributed by atoms with Crippen LogP contribution in [0.15, 0.2) is 70.8 Å². The molecule has 0 saturated heterocycles. The molecular weight excluding hydrogens is 452 g/mol. The van der Waals surface area contributed by atoms with E-state index in [1.807, 2.05) is 49.4 Å². The highest BCUT2D eigenvalue weighted by Gasteiger charge is 2.12. The highest BCUT2D eigenvalue weighted by Crippen LogP contribution is 2.30. The van der Waals surface area contributed by atoms with Crippen molar-refractivity contribution in [2.45, 2.75) is 19.9 Å². The Kier molecular flexibility index (Phi) is 7.34. The lowest BCUT2D eigenvalue weighted by atomic mass is 10.2. The molecule has 0 saturated carbocycles. The average molecular weight is 477 g/mol. The Morgan fingerprint density at radius 2 is 2.00 bits per heavy atom. The van der Waals surface area contributed by atoms with Gasteiger partial charge in [-0.1, -0.05) is 37.3 Å². The minimum absolute atomic E-state index is 0.192. The maximum atomic E-state index is 12.9. The molecule has 8 nitrogen and oxygen atoms in total. The zero-order valence-electron chi connectivity index (χ0n) is 18.9. The first-order valence-electron chi connectivity index (χ1n) is 10.8. The number of hydrazone groups is 1. The van der Waals surface area contributed by atoms with Gasteiger partial charge in [0.05, 0.1) is 31.6 Å². The number of thiophene rings is 1. The lowest BCUT2D eigenvalue weighted by Crippen LogP contribution is -2.29. The topological polar surface area (TPSA) is 94.8 Å². The van der Waals surface area contributed by atoms with Gasteiger partial charge in [0.15, 0.2) is 11.5 Å². The van der Waals surface area contributed by atoms with E-state index in [2.05, 4.69) is 15.5 Å². The fraction of sp³-hybridized carbons (Fsp3) is 0.200. The number of carbonyl (C=O) groups is 1. The second-order valence-electron chi connectivity index (χ2n) is 7.43. The van der Waals surface area contributed by atoms with Gasteiger partial charge in [-0.25, -0.2) is 10.4 Å². The molecule has 0 radical (unpaired) electrons. The van der Waals surface area contributed by atoms with Crippen molar-refractivity contribution in [3.8, 4) is 21.9 Å². The lowest BCUT2D eigenvalue weighted by molar-refractivity contribution is -0.121. The number of nitrogens with one attached hydrogen (secondary N) is 1. The molecule has 0 aliphatic carbocycles. The van der Waals surface area contributed by atoms with Gasteiger partial charge in [0.1, 0.15) is 11.4 Å². The maximum absolute atomic E-state index is 12.9. The zero-order valence-corrected chi connectivity index (χ0v) is 19.7. The Morgan fingerprint density at radius 3 is 2.76 bits per heavy atom. The summed E-state index contributed by atoms with van der Waals surface area (Å²) in [7, 11) is 1.57. The van der Waals surface area contributed by atoms with Crippen LogP contribution in [-0.2, 0) is 11.3 Å². The summed E-state index contributed by atoms with van der Waals surface area (Å²) in [5.41, 5.74) is 3.93. The fourth-order valence-corrected chi connectivity index (χ4v) is 4.28. The number of rotatable bonds is 9. The number of methoxy groups -OCH3 is 1. The van der Waals surface area contributed by atoms with Crippen molar-refractivity contribution in [3.63, 3.8) is 0 Å². The number of benzene rings is 2. The Labute approximate surface area is 200 Å². The lowest BCUT2D eigenvalue weighted by Gasteiger charge is -2.10. The van der Waals surface area contributed by atoms with Crippen molar-refractivity contribution < 1.29 is 14.3 Å². The number of hydrogen-bond acceptors (Lipinski definition) is 7. The summed E-state index contributed by atoms with van der Waals surface area (Å²) in [6, 6.07) is 17.0. The van der Waals surface area contributed by atoms with Crippen molar-refractivity contribution in [1.82, 2.24) is 15.0 Å². The van der Waals surface area contributed by atoms with Crippen LogP contribution in [0.5, 0.6) is 11.5 Å². The highest BCUT2D eigenvalue weighted by molar-refractivity contribution is 7.21. The summed E-state index contributed by atoms with van der Waals surface area (Å²) >= 11 is 1.44. The van der Waals surface area contributed by atoms with Crippen molar-refractivity contribution in [2.75, 3.05) is 13.7 Å². The first-order chi connectivity index (χ1) is 16.6. The molecule has 4 rings (SSSR count). The van der Waals surface area contributed by atoms with Crippen LogP contribution in [-0.4, -0.2) is 35.4 Å². The summed E-state index contributed by atoms with van der Waals surface area (Å²) in [4.78, 5) is 31.2. The number of amides is 1. The van der Waals surface area contributed by atoms with E-state index in [-0.39, 0.29) is 12.1 Å². The van der Waals surface area contributed by atoms with Crippen LogP contribution < -0.4 is 20.5 Å². The minimum Gasteiger partial charge on any atom is -0.493 e. The molecule has 0 aliphatic rings. The molecule has 0 aliphatic heterocycles. The smallest absolute Gasteiger partial charge is 0.262 e. The molecule has 0 spiro atoms. The molecule has 174 valence electrons. The zero-order chi connectivity index (χ0) is 23.9. The van der Waals surface area contributed by atoms with Crippen molar-refractivity contribution in [2.24, 2.45) is 5.10 Å². The van der Waals surface area contributed by atoms with Crippen molar-refractivity contribution in [3.05, 3.63) is 76.8 Å². The van der Waals surface area contributed by atoms with E-state index in [0.717, 1.165) is 22.4 Å². The predicted octanol–water partition coefficient (Wildman–Crippen LogP) is 4.07. The number of fused-ring (bicyclic) bond motifs is 1. The number of aromatic nitrogens is 2. The molecule has 1 N–H and O–H groups in total. The van der Waals surface area contributed by atoms with E-state index in [1.165, 1.54) is 28.4 Å². The van der Waals surface area contributed by atoms with E-state index in [1.54, 1.807) is 19.2 Å². The molecule has 2 aromatic carbocycles. The fourth-order valence-electron chi connectivity index (χ4n) is 3.28. The van der Waals surface area contributed by atoms with Crippen LogP contribution in [0, 0.1) is 0 Å². The van der Waals surface area contributed by atoms with Crippen LogP contribution in [0.2, 0.25) is 0 Å². The largest absolute Gasteiger partial charge is 0.493 e. The summed E-state index contributed by atoms with van der Waals surface area (Å²) < 4.78 is 12.3. The van der Waals surface area contributed by atoms with E-state index in [0.29, 0.717) is 28.3 Å². The number of hydrogen-bond donors (Lipinski definition) is 1. The molecule has 0 unspecified atom stereocenters. The Morgan fingerprint density at radius 1 is 1.18 bits per heavy atom. The quantitative estimate of drug-likeness (QED) is 0.290. The van der Waals surface area contributed by atoms with Gasteiger partial charge in [-0.15, -0.1) is 11.3 Å². The van der Waals surface area contributed by atoms with E-state index < -0.39 is 5.91 Å². The maximum Gasteiger partial charge on any atom is 0.262 e. The van der Waals surface area contributed by atoms with Gasteiger partial charge in [-0.2, -0.15) is 5.10 Å². The third-order valence-electron chi connectivity index (χ3n) is 4.94. The second-order valence-corrected chi connectivity index (χ2v) is 8.46. The molecule has 9 heteroatoms. The molecule has 2 heterocycles. The third kappa shape index (κ3) is 5.32. The normalized spacial score (nSPS) is 11.1. The third-order valence-corrected chi connectivity index (χ3v) is 6.03. The predicted molar refractivity (Wildman–Crippen MR) is 134 cm³/mol. The second kappa shape index (κ2) is 10.8. The van der Waals surface area contributed by atoms with E-state index >= 15 is 0 Å². The van der Waals surface area contributed by atoms with Crippen LogP contribution >= 0.6 is 11.3 Å². The summed E-state index contributed by atoms with van der Waals surface area (Å²) in [5.74, 6) is 0.796. The van der Waals surface area contributed by atoms with E-state index in [4.69, 9.17) is 9.47 Å². The average Bonchev–Trinajstić information content (AvgIpc) is 3.31. The molecule has 4 aromatic rings. The Hall–Kier alpha value is -3.98. The highest BCUT2D eigenvalue weighted by atomic mass is 32.1. The molecule has 34 heavy (non-hydrogen) atoms. The van der Waals surface area contributed by atoms with Gasteiger partial charge >= 0.3 is 0 Å². The van der Waals surface area contributed by atoms with Crippen LogP contribution in [0.3, 0.4) is 0 Å². The Bertz CT molecular complexity index is 1380. The number of ether oxygens (including phenoxy) is 2. The minimum atomic E-state index is -0.437. The van der Waals surface area contributed by atoms with Gasteiger partial charge in [0, 0.05) is 4.88 Å². The van der Waals surface area contributed by atoms with Gasteiger partial charge < -0.3 is 9.47 Å². The molecule has 0 atom stereocenters. The van der Waals surface area contributed by atoms with Gasteiger partial charge in [0.2, 0.25) is 0 Å². The van der Waals surface area contributed by atoms with Crippen molar-refractivity contribution in [1.29, 1.82) is 0 Å². The van der Waals surface area contributed by atoms with E-state index in [9.17, 15) is 9.59 Å². The first-order valence-corrected chi connectivity index (χ1v) is 11.6. The van der Waals surface area contributed by atoms with Crippen LogP contribution in [0.25, 0.3) is 20.7 Å². The summed E-state index contributed by atoms with van der Waals surface area (Å²) in [6.07, 6.45) is 3.78. The van der Waals surface area contributed by atoms with Gasteiger partial charge in [-0.3, -0.25) is 14.2 Å². The number of carbonyl (C=O) groups excluding carboxylic acids is 1. The van der Waals surface area contributed by atoms with Gasteiger partial charge in [-0.05, 0) is 41.8 Å². The standard InChI is InChI=1S/C25H24N4O4S/c1-3-11-33-20-10-9-17(12-21(20)32-2)14-27-28-23(30)15-29-16-26-24-19(25(29)31)13-22(34-24)18-7-5-4-6-8-18/h4-10,12-14,16H,3,11,15H2,1-2H3,(H,28,30)/b27-14-. The van der Waals surface area contributed by atoms with Crippen molar-refractivity contribution >= 4 is 33.7 Å². The van der Waals surface area contributed by atoms with Gasteiger partial charge in [0.25, 0.3) is 11.5 Å². The summed E-state index contributed by atoms with van der Waals surface area (Å²) in [6.45, 7) is 2.43. The molecule has 0 bridgehead atoms. The SMILES string of the molecule is CCCOc1ccc(/C=N\NC(=O)Cn2cnc3sc(-c4ccccc4)cc3c2=O)cc1OC. The molecule has 2 aromatic heterocycles. The number of nitrogens with zero attached hydrogens (tertiary/aromatic N) is 3. The molecule has 0 fully saturated rings. The monoisotopic (exact) mass is 476 g/mol.